The molecule has 8 heteroatoms. The van der Waals surface area contributed by atoms with Crippen LogP contribution in [0.25, 0.3) is 0 Å². The van der Waals surface area contributed by atoms with Crippen molar-refractivity contribution in [2.24, 2.45) is 5.92 Å². The molecule has 0 aliphatic carbocycles. The van der Waals surface area contributed by atoms with Crippen molar-refractivity contribution in [2.45, 2.75) is 20.3 Å². The predicted octanol–water partition coefficient (Wildman–Crippen LogP) is 0.0994. The summed E-state index contributed by atoms with van der Waals surface area (Å²) >= 11 is 0. The first-order chi connectivity index (χ1) is 8.99. The van der Waals surface area contributed by atoms with E-state index in [0.717, 1.165) is 0 Å². The van der Waals surface area contributed by atoms with Crippen LogP contribution in [0.2, 0.25) is 0 Å². The molecule has 0 aliphatic heterocycles. The van der Waals surface area contributed by atoms with Crippen molar-refractivity contribution in [3.8, 4) is 0 Å². The van der Waals surface area contributed by atoms with Crippen LogP contribution >= 0.6 is 0 Å². The molecule has 0 aliphatic rings. The van der Waals surface area contributed by atoms with Crippen molar-refractivity contribution in [3.63, 3.8) is 0 Å². The Bertz CT molecular complexity index is 404. The van der Waals surface area contributed by atoms with Crippen LogP contribution in [0.15, 0.2) is 6.33 Å². The zero-order chi connectivity index (χ0) is 14.3. The molecule has 0 saturated carbocycles. The van der Waals surface area contributed by atoms with E-state index in [1.54, 1.807) is 0 Å². The number of nitrogens with one attached hydrogen (secondary N) is 2. The molecule has 1 rings (SSSR count). The fraction of sp³-hybridized carbons (Fsp3) is 0.636. The lowest BCUT2D eigenvalue weighted by atomic mass is 10.2. The lowest BCUT2D eigenvalue weighted by Gasteiger charge is -2.22. The second-order valence-corrected chi connectivity index (χ2v) is 4.58. The van der Waals surface area contributed by atoms with Gasteiger partial charge in [0, 0.05) is 19.5 Å². The third-order valence-corrected chi connectivity index (χ3v) is 2.30. The van der Waals surface area contributed by atoms with Gasteiger partial charge in [-0.05, 0) is 5.92 Å². The molecule has 1 heterocycles. The smallest absolute Gasteiger partial charge is 0.323 e. The van der Waals surface area contributed by atoms with Gasteiger partial charge in [-0.15, -0.1) is 0 Å². The Balaban J connectivity index is 2.40. The SMILES string of the molecule is CC(C)CN(CC(=O)O)C(=O)NCCc1ncn[nH]1. The van der Waals surface area contributed by atoms with Gasteiger partial charge in [-0.3, -0.25) is 9.89 Å². The Morgan fingerprint density at radius 3 is 2.79 bits per heavy atom. The van der Waals surface area contributed by atoms with E-state index >= 15 is 0 Å². The molecule has 2 amide bonds. The Labute approximate surface area is 111 Å². The number of hydrogen-bond donors (Lipinski definition) is 3. The minimum atomic E-state index is -1.02. The summed E-state index contributed by atoms with van der Waals surface area (Å²) in [6, 6.07) is -0.379. The summed E-state index contributed by atoms with van der Waals surface area (Å²) in [5.41, 5.74) is 0. The standard InChI is InChI=1S/C11H19N5O3/c1-8(2)5-16(6-10(17)18)11(19)12-4-3-9-13-7-14-15-9/h7-8H,3-6H2,1-2H3,(H,12,19)(H,17,18)(H,13,14,15). The normalized spacial score (nSPS) is 10.5. The number of urea groups is 1. The quantitative estimate of drug-likeness (QED) is 0.650. The third kappa shape index (κ3) is 5.84. The van der Waals surface area contributed by atoms with E-state index in [-0.39, 0.29) is 18.5 Å². The van der Waals surface area contributed by atoms with E-state index in [1.165, 1.54) is 11.2 Å². The van der Waals surface area contributed by atoms with Crippen molar-refractivity contribution in [3.05, 3.63) is 12.2 Å². The number of rotatable bonds is 7. The highest BCUT2D eigenvalue weighted by Crippen LogP contribution is 1.99. The monoisotopic (exact) mass is 269 g/mol. The summed E-state index contributed by atoms with van der Waals surface area (Å²) in [6.45, 7) is 4.34. The van der Waals surface area contributed by atoms with Crippen LogP contribution in [-0.2, 0) is 11.2 Å². The molecular weight excluding hydrogens is 250 g/mol. The van der Waals surface area contributed by atoms with Gasteiger partial charge in [0.25, 0.3) is 0 Å². The minimum Gasteiger partial charge on any atom is -0.480 e. The van der Waals surface area contributed by atoms with Crippen molar-refractivity contribution >= 4 is 12.0 Å². The number of carboxylic acids is 1. The molecule has 8 nitrogen and oxygen atoms in total. The van der Waals surface area contributed by atoms with E-state index in [0.29, 0.717) is 25.3 Å². The van der Waals surface area contributed by atoms with E-state index < -0.39 is 5.97 Å². The van der Waals surface area contributed by atoms with Crippen LogP contribution in [0.1, 0.15) is 19.7 Å². The van der Waals surface area contributed by atoms with Crippen molar-refractivity contribution in [1.29, 1.82) is 0 Å². The molecule has 106 valence electrons. The first-order valence-corrected chi connectivity index (χ1v) is 6.08. The van der Waals surface area contributed by atoms with Crippen LogP contribution in [0.5, 0.6) is 0 Å². The first-order valence-electron chi connectivity index (χ1n) is 6.08. The molecule has 0 fully saturated rings. The van der Waals surface area contributed by atoms with E-state index in [9.17, 15) is 9.59 Å². The van der Waals surface area contributed by atoms with Gasteiger partial charge < -0.3 is 15.3 Å². The topological polar surface area (TPSA) is 111 Å². The van der Waals surface area contributed by atoms with Gasteiger partial charge in [0.15, 0.2) is 0 Å². The molecule has 1 aromatic rings. The summed E-state index contributed by atoms with van der Waals surface area (Å²) < 4.78 is 0. The highest BCUT2D eigenvalue weighted by molar-refractivity contribution is 5.80. The van der Waals surface area contributed by atoms with Crippen molar-refractivity contribution < 1.29 is 14.7 Å². The van der Waals surface area contributed by atoms with Crippen LogP contribution in [-0.4, -0.2) is 56.8 Å². The van der Waals surface area contributed by atoms with Gasteiger partial charge in [-0.25, -0.2) is 9.78 Å². The van der Waals surface area contributed by atoms with Gasteiger partial charge in [-0.1, -0.05) is 13.8 Å². The van der Waals surface area contributed by atoms with E-state index in [2.05, 4.69) is 20.5 Å². The second-order valence-electron chi connectivity index (χ2n) is 4.58. The predicted molar refractivity (Wildman–Crippen MR) is 67.5 cm³/mol. The van der Waals surface area contributed by atoms with Crippen LogP contribution in [0.4, 0.5) is 4.79 Å². The van der Waals surface area contributed by atoms with Gasteiger partial charge in [-0.2, -0.15) is 5.10 Å². The lowest BCUT2D eigenvalue weighted by Crippen LogP contribution is -2.45. The molecule has 0 bridgehead atoms. The number of hydrogen-bond acceptors (Lipinski definition) is 4. The van der Waals surface area contributed by atoms with Gasteiger partial charge in [0.2, 0.25) is 0 Å². The Morgan fingerprint density at radius 2 is 2.26 bits per heavy atom. The van der Waals surface area contributed by atoms with Crippen molar-refractivity contribution in [2.75, 3.05) is 19.6 Å². The number of H-pyrrole nitrogens is 1. The molecule has 0 saturated heterocycles. The zero-order valence-corrected chi connectivity index (χ0v) is 11.1. The summed E-state index contributed by atoms with van der Waals surface area (Å²) in [5.74, 6) is -0.139. The third-order valence-electron chi connectivity index (χ3n) is 2.30. The molecule has 19 heavy (non-hydrogen) atoms. The maximum atomic E-state index is 11.8. The number of carbonyl (C=O) groups excluding carboxylic acids is 1. The zero-order valence-electron chi connectivity index (χ0n) is 11.1. The summed E-state index contributed by atoms with van der Waals surface area (Å²) in [4.78, 5) is 27.8. The fourth-order valence-electron chi connectivity index (χ4n) is 1.57. The summed E-state index contributed by atoms with van der Waals surface area (Å²) in [6.07, 6.45) is 1.92. The molecular formula is C11H19N5O3. The second kappa shape index (κ2) is 7.34. The number of aromatic amines is 1. The highest BCUT2D eigenvalue weighted by Gasteiger charge is 2.17. The van der Waals surface area contributed by atoms with Gasteiger partial charge in [0.05, 0.1) is 0 Å². The average molecular weight is 269 g/mol. The number of nitrogens with zero attached hydrogens (tertiary/aromatic N) is 3. The highest BCUT2D eigenvalue weighted by atomic mass is 16.4. The van der Waals surface area contributed by atoms with Gasteiger partial charge in [0.1, 0.15) is 18.7 Å². The molecule has 3 N–H and O–H groups in total. The average Bonchev–Trinajstić information content (AvgIpc) is 2.79. The maximum absolute atomic E-state index is 11.8. The molecule has 0 spiro atoms. The Morgan fingerprint density at radius 1 is 1.53 bits per heavy atom. The molecule has 0 aromatic carbocycles. The van der Waals surface area contributed by atoms with Crippen molar-refractivity contribution in [1.82, 2.24) is 25.4 Å². The maximum Gasteiger partial charge on any atom is 0.323 e. The fourth-order valence-corrected chi connectivity index (χ4v) is 1.57. The minimum absolute atomic E-state index is 0.208. The van der Waals surface area contributed by atoms with E-state index in [1.807, 2.05) is 13.8 Å². The number of aliphatic carboxylic acids is 1. The van der Waals surface area contributed by atoms with E-state index in [4.69, 9.17) is 5.11 Å². The molecule has 0 unspecified atom stereocenters. The van der Waals surface area contributed by atoms with Gasteiger partial charge >= 0.3 is 12.0 Å². The van der Waals surface area contributed by atoms with Crippen LogP contribution in [0, 0.1) is 5.92 Å². The Hall–Kier alpha value is -2.12. The Kier molecular flexibility index (Phi) is 5.77. The lowest BCUT2D eigenvalue weighted by molar-refractivity contribution is -0.137. The number of aromatic nitrogens is 3. The molecule has 1 aromatic heterocycles. The summed E-state index contributed by atoms with van der Waals surface area (Å²) in [7, 11) is 0. The molecule has 0 atom stereocenters. The number of carbonyl (C=O) groups is 2. The largest absolute Gasteiger partial charge is 0.480 e. The van der Waals surface area contributed by atoms with Crippen LogP contribution in [0.3, 0.4) is 0 Å². The number of carboxylic acid groups (broad SMARTS) is 1. The summed E-state index contributed by atoms with van der Waals surface area (Å²) in [5, 5.41) is 17.8. The van der Waals surface area contributed by atoms with Crippen LogP contribution < -0.4 is 5.32 Å². The first kappa shape index (κ1) is 14.9. The number of amides is 2. The molecule has 0 radical (unpaired) electrons.